The first-order valence-electron chi connectivity index (χ1n) is 9.68. The van der Waals surface area contributed by atoms with E-state index < -0.39 is 6.09 Å². The average Bonchev–Trinajstić information content (AvgIpc) is 3.36. The van der Waals surface area contributed by atoms with Gasteiger partial charge in [0, 0.05) is 30.0 Å². The maximum absolute atomic E-state index is 14.0. The largest absolute Gasteiger partial charge is 0.453 e. The lowest BCUT2D eigenvalue weighted by Gasteiger charge is -2.46. The molecule has 1 saturated heterocycles. The molecule has 0 aromatic heterocycles. The highest BCUT2D eigenvalue weighted by Gasteiger charge is 2.59. The molecule has 27 heavy (non-hydrogen) atoms. The van der Waals surface area contributed by atoms with Gasteiger partial charge in [-0.2, -0.15) is 0 Å². The van der Waals surface area contributed by atoms with Gasteiger partial charge in [-0.1, -0.05) is 12.1 Å². The summed E-state index contributed by atoms with van der Waals surface area (Å²) in [6, 6.07) is 5.59. The van der Waals surface area contributed by atoms with Crippen molar-refractivity contribution in [1.82, 2.24) is 10.2 Å². The van der Waals surface area contributed by atoms with Crippen molar-refractivity contribution in [2.24, 2.45) is 11.8 Å². The molecule has 0 spiro atoms. The normalized spacial score (nSPS) is 34.3. The Balaban J connectivity index is 1.34. The number of aryl methyl sites for hydroxylation is 1. The first kappa shape index (κ1) is 18.3. The van der Waals surface area contributed by atoms with E-state index in [1.54, 1.807) is 13.0 Å². The van der Waals surface area contributed by atoms with Gasteiger partial charge < -0.3 is 15.0 Å². The molecule has 2 amide bonds. The minimum absolute atomic E-state index is 0.0322. The zero-order valence-electron chi connectivity index (χ0n) is 16.2. The van der Waals surface area contributed by atoms with Crippen molar-refractivity contribution in [3.63, 3.8) is 0 Å². The Labute approximate surface area is 159 Å². The van der Waals surface area contributed by atoms with Gasteiger partial charge in [0.2, 0.25) is 5.91 Å². The fourth-order valence-electron chi connectivity index (χ4n) is 5.08. The molecule has 6 heteroatoms. The second-order valence-electron chi connectivity index (χ2n) is 8.84. The average molecular weight is 374 g/mol. The number of halogens is 1. The van der Waals surface area contributed by atoms with Gasteiger partial charge in [0.05, 0.1) is 7.11 Å². The number of fused-ring (bicyclic) bond motifs is 1. The summed E-state index contributed by atoms with van der Waals surface area (Å²) in [6.45, 7) is 5.21. The second kappa shape index (κ2) is 6.21. The van der Waals surface area contributed by atoms with Crippen molar-refractivity contribution >= 4 is 12.0 Å². The Morgan fingerprint density at radius 1 is 1.30 bits per heavy atom. The highest BCUT2D eigenvalue weighted by molar-refractivity contribution is 5.81. The molecule has 0 bridgehead atoms. The first-order chi connectivity index (χ1) is 12.8. The lowest BCUT2D eigenvalue weighted by atomic mass is 9.68. The number of piperidine rings is 1. The first-order valence-corrected chi connectivity index (χ1v) is 9.68. The lowest BCUT2D eigenvalue weighted by Crippen LogP contribution is -2.59. The van der Waals surface area contributed by atoms with E-state index in [2.05, 4.69) is 10.1 Å². The van der Waals surface area contributed by atoms with E-state index in [9.17, 15) is 14.0 Å². The van der Waals surface area contributed by atoms with Crippen molar-refractivity contribution in [3.8, 4) is 0 Å². The van der Waals surface area contributed by atoms with Crippen LogP contribution in [0.3, 0.4) is 0 Å². The van der Waals surface area contributed by atoms with E-state index in [4.69, 9.17) is 0 Å². The van der Waals surface area contributed by atoms with Crippen LogP contribution in [0.4, 0.5) is 9.18 Å². The molecule has 146 valence electrons. The predicted molar refractivity (Wildman–Crippen MR) is 98.8 cm³/mol. The lowest BCUT2D eigenvalue weighted by molar-refractivity contribution is -0.142. The Morgan fingerprint density at radius 3 is 2.67 bits per heavy atom. The Hall–Kier alpha value is -2.11. The SMILES string of the molecule is COC(=O)N[C@]1(C)C[C@H](C(=O)N2CCC3(c4ccc(C)c(F)c4)CC3C2)C1. The summed E-state index contributed by atoms with van der Waals surface area (Å²) in [4.78, 5) is 26.2. The molecule has 2 aliphatic carbocycles. The topological polar surface area (TPSA) is 58.6 Å². The van der Waals surface area contributed by atoms with Crippen LogP contribution < -0.4 is 5.32 Å². The highest BCUT2D eigenvalue weighted by Crippen LogP contribution is 2.59. The molecule has 5 nitrogen and oxygen atoms in total. The van der Waals surface area contributed by atoms with Crippen molar-refractivity contribution in [2.75, 3.05) is 20.2 Å². The third kappa shape index (κ3) is 3.09. The van der Waals surface area contributed by atoms with Gasteiger partial charge in [0.1, 0.15) is 5.82 Å². The van der Waals surface area contributed by atoms with Crippen molar-refractivity contribution in [1.29, 1.82) is 0 Å². The molecule has 2 atom stereocenters. The van der Waals surface area contributed by atoms with E-state index in [1.807, 2.05) is 24.0 Å². The summed E-state index contributed by atoms with van der Waals surface area (Å²) in [5.41, 5.74) is 1.47. The monoisotopic (exact) mass is 374 g/mol. The molecule has 0 radical (unpaired) electrons. The molecule has 4 rings (SSSR count). The Bertz CT molecular complexity index is 790. The summed E-state index contributed by atoms with van der Waals surface area (Å²) in [5, 5.41) is 2.82. The van der Waals surface area contributed by atoms with Crippen LogP contribution >= 0.6 is 0 Å². The number of alkyl carbamates (subject to hydrolysis) is 1. The molecule has 1 aromatic carbocycles. The van der Waals surface area contributed by atoms with E-state index in [0.29, 0.717) is 24.3 Å². The fourth-order valence-corrected chi connectivity index (χ4v) is 5.08. The van der Waals surface area contributed by atoms with Crippen LogP contribution in [0, 0.1) is 24.6 Å². The minimum Gasteiger partial charge on any atom is -0.453 e. The van der Waals surface area contributed by atoms with Gasteiger partial charge in [-0.05, 0) is 62.6 Å². The van der Waals surface area contributed by atoms with Crippen molar-refractivity contribution < 1.29 is 18.7 Å². The summed E-state index contributed by atoms with van der Waals surface area (Å²) in [6.07, 6.45) is 2.78. The zero-order chi connectivity index (χ0) is 19.4. The van der Waals surface area contributed by atoms with Gasteiger partial charge in [0.25, 0.3) is 0 Å². The number of nitrogens with zero attached hydrogens (tertiary/aromatic N) is 1. The van der Waals surface area contributed by atoms with E-state index >= 15 is 0 Å². The van der Waals surface area contributed by atoms with E-state index in [-0.39, 0.29) is 28.6 Å². The van der Waals surface area contributed by atoms with Crippen LogP contribution in [-0.4, -0.2) is 42.6 Å². The number of hydrogen-bond donors (Lipinski definition) is 1. The van der Waals surface area contributed by atoms with Gasteiger partial charge in [-0.15, -0.1) is 0 Å². The summed E-state index contributed by atoms with van der Waals surface area (Å²) >= 11 is 0. The van der Waals surface area contributed by atoms with Gasteiger partial charge >= 0.3 is 6.09 Å². The molecule has 2 saturated carbocycles. The molecule has 3 fully saturated rings. The molecule has 3 aliphatic rings. The molecule has 1 heterocycles. The van der Waals surface area contributed by atoms with Gasteiger partial charge in [0.15, 0.2) is 0 Å². The number of ether oxygens (including phenoxy) is 1. The molecular formula is C21H27FN2O3. The molecular weight excluding hydrogens is 347 g/mol. The van der Waals surface area contributed by atoms with Crippen LogP contribution in [-0.2, 0) is 14.9 Å². The highest BCUT2D eigenvalue weighted by atomic mass is 19.1. The number of amides is 2. The molecule has 1 aromatic rings. The van der Waals surface area contributed by atoms with Crippen molar-refractivity contribution in [2.45, 2.75) is 50.5 Å². The summed E-state index contributed by atoms with van der Waals surface area (Å²) in [5.74, 6) is 0.444. The van der Waals surface area contributed by atoms with Gasteiger partial charge in [-0.25, -0.2) is 9.18 Å². The number of hydrogen-bond acceptors (Lipinski definition) is 3. The summed E-state index contributed by atoms with van der Waals surface area (Å²) in [7, 11) is 1.34. The van der Waals surface area contributed by atoms with Gasteiger partial charge in [-0.3, -0.25) is 4.79 Å². The zero-order valence-corrected chi connectivity index (χ0v) is 16.2. The fraction of sp³-hybridized carbons (Fsp3) is 0.619. The second-order valence-corrected chi connectivity index (χ2v) is 8.84. The summed E-state index contributed by atoms with van der Waals surface area (Å²) < 4.78 is 18.6. The number of methoxy groups -OCH3 is 1. The molecule has 2 unspecified atom stereocenters. The van der Waals surface area contributed by atoms with Crippen LogP contribution in [0.25, 0.3) is 0 Å². The van der Waals surface area contributed by atoms with Crippen LogP contribution in [0.15, 0.2) is 18.2 Å². The number of carbonyl (C=O) groups is 2. The quantitative estimate of drug-likeness (QED) is 0.884. The maximum Gasteiger partial charge on any atom is 0.407 e. The molecule has 1 aliphatic heterocycles. The number of nitrogens with one attached hydrogen (secondary N) is 1. The number of benzene rings is 1. The standard InChI is InChI=1S/C21H27FN2O3/c1-13-4-5-15(8-17(13)22)21-6-7-24(12-16(21)11-21)18(25)14-9-20(2,10-14)23-19(26)27-3/h4-5,8,14,16H,6-7,9-12H2,1-3H3,(H,23,26)/t14-,16?,20+,21?. The van der Waals surface area contributed by atoms with Crippen LogP contribution in [0.5, 0.6) is 0 Å². The van der Waals surface area contributed by atoms with Crippen LogP contribution in [0.1, 0.15) is 43.7 Å². The number of likely N-dealkylation sites (tertiary alicyclic amines) is 1. The minimum atomic E-state index is -0.450. The number of carbonyl (C=O) groups excluding carboxylic acids is 2. The molecule has 1 N–H and O–H groups in total. The Kier molecular flexibility index (Phi) is 4.20. The predicted octanol–water partition coefficient (Wildman–Crippen LogP) is 3.15. The third-order valence-electron chi connectivity index (χ3n) is 6.89. The van der Waals surface area contributed by atoms with E-state index in [0.717, 1.165) is 31.5 Å². The van der Waals surface area contributed by atoms with E-state index in [1.165, 1.54) is 7.11 Å². The van der Waals surface area contributed by atoms with Crippen molar-refractivity contribution in [3.05, 3.63) is 35.1 Å². The maximum atomic E-state index is 14.0. The number of rotatable bonds is 3. The van der Waals surface area contributed by atoms with Crippen LogP contribution in [0.2, 0.25) is 0 Å². The smallest absolute Gasteiger partial charge is 0.407 e. The Morgan fingerprint density at radius 2 is 2.04 bits per heavy atom. The third-order valence-corrected chi connectivity index (χ3v) is 6.89.